The summed E-state index contributed by atoms with van der Waals surface area (Å²) in [5, 5.41) is 3.34. The Labute approximate surface area is 161 Å². The van der Waals surface area contributed by atoms with Crippen molar-refractivity contribution in [3.63, 3.8) is 0 Å². The van der Waals surface area contributed by atoms with Gasteiger partial charge < -0.3 is 11.1 Å². The Morgan fingerprint density at radius 3 is 2.70 bits per heavy atom. The largest absolute Gasteiger partial charge is 0.416 e. The van der Waals surface area contributed by atoms with Crippen molar-refractivity contribution >= 4 is 17.4 Å². The van der Waals surface area contributed by atoms with Crippen LogP contribution in [0.15, 0.2) is 46.2 Å². The van der Waals surface area contributed by atoms with Gasteiger partial charge in [-0.3, -0.25) is 0 Å². The molecule has 3 N–H and O–H groups in total. The van der Waals surface area contributed by atoms with Gasteiger partial charge in [0.2, 0.25) is 0 Å². The standard InChI is InChI=1S/C21H23F3N2S/c22-21(23,24)15-10-18(26-12-13-4-3-6-16(25)8-13)17-9-14-5-1-2-7-19(14)27-20(17)11-15/h1-2,5,7,10-11,13,16,26H,3-4,6,8-9,12,25H2/t13-,16+/m1/s1. The molecule has 4 rings (SSSR count). The zero-order valence-corrected chi connectivity index (χ0v) is 15.8. The predicted octanol–water partition coefficient (Wildman–Crippen LogP) is 5.69. The van der Waals surface area contributed by atoms with Gasteiger partial charge in [-0.2, -0.15) is 13.2 Å². The smallest absolute Gasteiger partial charge is 0.384 e. The number of hydrogen-bond donors (Lipinski definition) is 2. The lowest BCUT2D eigenvalue weighted by molar-refractivity contribution is -0.137. The molecular weight excluding hydrogens is 369 g/mol. The van der Waals surface area contributed by atoms with Crippen LogP contribution in [-0.2, 0) is 12.6 Å². The fourth-order valence-corrected chi connectivity index (χ4v) is 5.22. The number of alkyl halides is 3. The monoisotopic (exact) mass is 392 g/mol. The summed E-state index contributed by atoms with van der Waals surface area (Å²) in [6.07, 6.45) is 0.463. The highest BCUT2D eigenvalue weighted by Crippen LogP contribution is 2.45. The van der Waals surface area contributed by atoms with E-state index in [4.69, 9.17) is 5.73 Å². The second-order valence-corrected chi connectivity index (χ2v) is 8.64. The number of benzene rings is 2. The van der Waals surface area contributed by atoms with Crippen molar-refractivity contribution in [2.45, 2.75) is 54.1 Å². The summed E-state index contributed by atoms with van der Waals surface area (Å²) >= 11 is 1.43. The van der Waals surface area contributed by atoms with Crippen molar-refractivity contribution in [2.24, 2.45) is 11.7 Å². The van der Waals surface area contributed by atoms with Gasteiger partial charge in [0.15, 0.2) is 0 Å². The number of anilines is 1. The van der Waals surface area contributed by atoms with E-state index in [9.17, 15) is 13.2 Å². The van der Waals surface area contributed by atoms with Gasteiger partial charge in [-0.1, -0.05) is 36.4 Å². The highest BCUT2D eigenvalue weighted by molar-refractivity contribution is 7.99. The lowest BCUT2D eigenvalue weighted by Gasteiger charge is -2.29. The normalized spacial score (nSPS) is 22.1. The molecular formula is C21H23F3N2S. The third-order valence-electron chi connectivity index (χ3n) is 5.50. The zero-order valence-electron chi connectivity index (χ0n) is 15.0. The number of fused-ring (bicyclic) bond motifs is 2. The highest BCUT2D eigenvalue weighted by Gasteiger charge is 2.33. The highest BCUT2D eigenvalue weighted by atomic mass is 32.2. The first-order valence-corrected chi connectivity index (χ1v) is 10.2. The molecule has 0 amide bonds. The first kappa shape index (κ1) is 18.7. The van der Waals surface area contributed by atoms with E-state index in [0.717, 1.165) is 41.7 Å². The van der Waals surface area contributed by atoms with Gasteiger partial charge in [-0.15, -0.1) is 0 Å². The van der Waals surface area contributed by atoms with Gasteiger partial charge in [0, 0.05) is 34.5 Å². The molecule has 0 unspecified atom stereocenters. The lowest BCUT2D eigenvalue weighted by Crippen LogP contribution is -2.31. The van der Waals surface area contributed by atoms with Crippen molar-refractivity contribution in [2.75, 3.05) is 11.9 Å². The SMILES string of the molecule is N[C@H]1CCC[C@@H](CNc2cc(C(F)(F)F)cc3c2Cc2ccccc2S3)C1. The molecule has 144 valence electrons. The Hall–Kier alpha value is -1.66. The van der Waals surface area contributed by atoms with E-state index in [1.54, 1.807) is 0 Å². The van der Waals surface area contributed by atoms with E-state index in [-0.39, 0.29) is 6.04 Å². The fraction of sp³-hybridized carbons (Fsp3) is 0.429. The maximum Gasteiger partial charge on any atom is 0.416 e. The Morgan fingerprint density at radius 2 is 1.93 bits per heavy atom. The second kappa shape index (κ2) is 7.40. The maximum atomic E-state index is 13.4. The molecule has 1 saturated carbocycles. The van der Waals surface area contributed by atoms with Crippen molar-refractivity contribution in [3.05, 3.63) is 53.1 Å². The molecule has 6 heteroatoms. The van der Waals surface area contributed by atoms with Crippen LogP contribution in [0.4, 0.5) is 18.9 Å². The van der Waals surface area contributed by atoms with Gasteiger partial charge in [-0.25, -0.2) is 0 Å². The molecule has 1 fully saturated rings. The molecule has 0 aromatic heterocycles. The van der Waals surface area contributed by atoms with Crippen LogP contribution in [0.3, 0.4) is 0 Å². The van der Waals surface area contributed by atoms with Crippen LogP contribution in [0.1, 0.15) is 42.4 Å². The molecule has 27 heavy (non-hydrogen) atoms. The zero-order chi connectivity index (χ0) is 19.0. The summed E-state index contributed by atoms with van der Waals surface area (Å²) in [5.74, 6) is 0.419. The van der Waals surface area contributed by atoms with E-state index >= 15 is 0 Å². The molecule has 2 atom stereocenters. The molecule has 2 aliphatic rings. The lowest BCUT2D eigenvalue weighted by atomic mass is 9.86. The van der Waals surface area contributed by atoms with Crippen LogP contribution in [0.5, 0.6) is 0 Å². The van der Waals surface area contributed by atoms with Crippen LogP contribution >= 0.6 is 11.8 Å². The molecule has 1 aliphatic carbocycles. The van der Waals surface area contributed by atoms with Crippen molar-refractivity contribution in [1.82, 2.24) is 0 Å². The van der Waals surface area contributed by atoms with Crippen LogP contribution in [0.25, 0.3) is 0 Å². The summed E-state index contributed by atoms with van der Waals surface area (Å²) < 4.78 is 40.3. The molecule has 0 saturated heterocycles. The van der Waals surface area contributed by atoms with Crippen LogP contribution < -0.4 is 11.1 Å². The van der Waals surface area contributed by atoms with Crippen molar-refractivity contribution in [3.8, 4) is 0 Å². The van der Waals surface area contributed by atoms with Crippen molar-refractivity contribution in [1.29, 1.82) is 0 Å². The average molecular weight is 392 g/mol. The number of halogens is 3. The second-order valence-electron chi connectivity index (χ2n) is 7.56. The molecule has 2 aromatic rings. The third kappa shape index (κ3) is 4.11. The van der Waals surface area contributed by atoms with Gasteiger partial charge >= 0.3 is 6.18 Å². The fourth-order valence-electron chi connectivity index (χ4n) is 4.07. The predicted molar refractivity (Wildman–Crippen MR) is 103 cm³/mol. The quantitative estimate of drug-likeness (QED) is 0.601. The van der Waals surface area contributed by atoms with Crippen LogP contribution in [0.2, 0.25) is 0 Å². The molecule has 1 heterocycles. The van der Waals surface area contributed by atoms with Crippen LogP contribution in [0, 0.1) is 5.92 Å². The van der Waals surface area contributed by atoms with Crippen LogP contribution in [-0.4, -0.2) is 12.6 Å². The summed E-state index contributed by atoms with van der Waals surface area (Å²) in [6, 6.07) is 10.7. The molecule has 0 spiro atoms. The maximum absolute atomic E-state index is 13.4. The summed E-state index contributed by atoms with van der Waals surface area (Å²) in [5.41, 5.74) is 8.21. The minimum Gasteiger partial charge on any atom is -0.384 e. The average Bonchev–Trinajstić information content (AvgIpc) is 2.63. The molecule has 1 aliphatic heterocycles. The first-order chi connectivity index (χ1) is 12.9. The summed E-state index contributed by atoms with van der Waals surface area (Å²) in [6.45, 7) is 0.674. The number of hydrogen-bond acceptors (Lipinski definition) is 3. The van der Waals surface area contributed by atoms with Gasteiger partial charge in [0.1, 0.15) is 0 Å². The van der Waals surface area contributed by atoms with Crippen molar-refractivity contribution < 1.29 is 13.2 Å². The van der Waals surface area contributed by atoms with E-state index in [1.165, 1.54) is 23.9 Å². The van der Waals surface area contributed by atoms with E-state index in [2.05, 4.69) is 5.32 Å². The van der Waals surface area contributed by atoms with E-state index in [0.29, 0.717) is 29.5 Å². The molecule has 0 radical (unpaired) electrons. The van der Waals surface area contributed by atoms with Gasteiger partial charge in [0.25, 0.3) is 0 Å². The minimum atomic E-state index is -4.35. The van der Waals surface area contributed by atoms with Gasteiger partial charge in [-0.05, 0) is 54.5 Å². The summed E-state index contributed by atoms with van der Waals surface area (Å²) in [7, 11) is 0. The van der Waals surface area contributed by atoms with E-state index < -0.39 is 11.7 Å². The summed E-state index contributed by atoms with van der Waals surface area (Å²) in [4.78, 5) is 1.74. The topological polar surface area (TPSA) is 38.0 Å². The molecule has 2 nitrogen and oxygen atoms in total. The Balaban J connectivity index is 1.63. The Kier molecular flexibility index (Phi) is 5.12. The molecule has 2 aromatic carbocycles. The number of nitrogens with two attached hydrogens (primary N) is 1. The first-order valence-electron chi connectivity index (χ1n) is 9.39. The minimum absolute atomic E-state index is 0.211. The van der Waals surface area contributed by atoms with E-state index in [1.807, 2.05) is 24.3 Å². The van der Waals surface area contributed by atoms with Gasteiger partial charge in [0.05, 0.1) is 5.56 Å². The number of nitrogens with one attached hydrogen (secondary N) is 1. The molecule has 0 bridgehead atoms. The third-order valence-corrected chi connectivity index (χ3v) is 6.70. The Morgan fingerprint density at radius 1 is 1.11 bits per heavy atom. The number of rotatable bonds is 3. The Bertz CT molecular complexity index is 835.